The first-order chi connectivity index (χ1) is 7.24. The molecule has 0 nitrogen and oxygen atoms in total. The Bertz CT molecular complexity index is 250. The van der Waals surface area contributed by atoms with E-state index in [2.05, 4.69) is 57.5 Å². The molecule has 0 heteroatoms. The van der Waals surface area contributed by atoms with E-state index in [9.17, 15) is 0 Å². The monoisotopic (exact) mass is 203 g/mol. The van der Waals surface area contributed by atoms with E-state index in [-0.39, 0.29) is 0 Å². The van der Waals surface area contributed by atoms with Gasteiger partial charge in [-0.05, 0) is 36.7 Å². The molecule has 0 heterocycles. The van der Waals surface area contributed by atoms with Gasteiger partial charge in [-0.15, -0.1) is 0 Å². The number of benzene rings is 1. The molecule has 0 bridgehead atoms. The minimum absolute atomic E-state index is 0.687. The van der Waals surface area contributed by atoms with Crippen LogP contribution in [-0.4, -0.2) is 0 Å². The molecule has 15 heavy (non-hydrogen) atoms. The molecule has 0 spiro atoms. The van der Waals surface area contributed by atoms with Crippen LogP contribution in [0.3, 0.4) is 0 Å². The maximum absolute atomic E-state index is 2.39. The van der Waals surface area contributed by atoms with Crippen molar-refractivity contribution in [3.63, 3.8) is 0 Å². The molecule has 0 aliphatic rings. The molecule has 1 aromatic carbocycles. The van der Waals surface area contributed by atoms with Gasteiger partial charge in [0.15, 0.2) is 0 Å². The van der Waals surface area contributed by atoms with Gasteiger partial charge in [-0.2, -0.15) is 0 Å². The van der Waals surface area contributed by atoms with E-state index in [4.69, 9.17) is 0 Å². The predicted octanol–water partition coefficient (Wildman–Crippen LogP) is 4.82. The Hall–Kier alpha value is -0.780. The van der Waals surface area contributed by atoms with E-state index in [0.29, 0.717) is 5.92 Å². The largest absolute Gasteiger partial charge is 0.0651 e. The quantitative estimate of drug-likeness (QED) is 0.621. The van der Waals surface area contributed by atoms with Gasteiger partial charge in [0, 0.05) is 0 Å². The Morgan fingerprint density at radius 2 is 1.80 bits per heavy atom. The van der Waals surface area contributed by atoms with Gasteiger partial charge < -0.3 is 0 Å². The highest BCUT2D eigenvalue weighted by Gasteiger charge is 2.09. The van der Waals surface area contributed by atoms with Gasteiger partial charge in [-0.3, -0.25) is 0 Å². The van der Waals surface area contributed by atoms with Gasteiger partial charge >= 0.3 is 0 Å². The van der Waals surface area contributed by atoms with Gasteiger partial charge in [-0.1, -0.05) is 57.5 Å². The van der Waals surface area contributed by atoms with Crippen LogP contribution in [0.1, 0.15) is 51.5 Å². The van der Waals surface area contributed by atoms with E-state index in [0.717, 1.165) is 5.92 Å². The fourth-order valence-electron chi connectivity index (χ4n) is 2.07. The lowest BCUT2D eigenvalue weighted by Gasteiger charge is -2.17. The summed E-state index contributed by atoms with van der Waals surface area (Å²) in [5.74, 6) is 1.49. The molecular weight excluding hydrogens is 180 g/mol. The molecule has 1 radical (unpaired) electrons. The summed E-state index contributed by atoms with van der Waals surface area (Å²) in [6.45, 7) is 6.90. The summed E-state index contributed by atoms with van der Waals surface area (Å²) in [7, 11) is 0. The number of rotatable bonds is 6. The van der Waals surface area contributed by atoms with Crippen LogP contribution in [0.5, 0.6) is 0 Å². The topological polar surface area (TPSA) is 0 Å². The van der Waals surface area contributed by atoms with E-state index in [1.807, 2.05) is 0 Å². The van der Waals surface area contributed by atoms with Crippen molar-refractivity contribution in [3.8, 4) is 0 Å². The van der Waals surface area contributed by atoms with Crippen LogP contribution in [-0.2, 0) is 0 Å². The third kappa shape index (κ3) is 4.51. The van der Waals surface area contributed by atoms with E-state index < -0.39 is 0 Å². The summed E-state index contributed by atoms with van der Waals surface area (Å²) < 4.78 is 0. The maximum atomic E-state index is 2.39. The Kier molecular flexibility index (Phi) is 5.45. The molecule has 1 rings (SSSR count). The summed E-state index contributed by atoms with van der Waals surface area (Å²) in [6, 6.07) is 10.8. The molecule has 0 aliphatic heterocycles. The second kappa shape index (κ2) is 6.66. The fourth-order valence-corrected chi connectivity index (χ4v) is 2.07. The molecule has 0 aromatic heterocycles. The highest BCUT2D eigenvalue weighted by Crippen LogP contribution is 2.25. The smallest absolute Gasteiger partial charge is 0.0188 e. The minimum Gasteiger partial charge on any atom is -0.0651 e. The lowest BCUT2D eigenvalue weighted by Crippen LogP contribution is -2.02. The lowest BCUT2D eigenvalue weighted by atomic mass is 9.89. The van der Waals surface area contributed by atoms with Crippen LogP contribution < -0.4 is 0 Å². The third-order valence-corrected chi connectivity index (χ3v) is 2.98. The molecule has 0 saturated heterocycles. The second-order valence-electron chi connectivity index (χ2n) is 4.59. The Balaban J connectivity index is 2.38. The molecule has 2 atom stereocenters. The minimum atomic E-state index is 0.687. The SMILES string of the molecule is CC[CH]CC(C)CC(C)c1ccccc1. The van der Waals surface area contributed by atoms with E-state index in [1.54, 1.807) is 0 Å². The summed E-state index contributed by atoms with van der Waals surface area (Å²) in [5, 5.41) is 0. The Morgan fingerprint density at radius 3 is 2.40 bits per heavy atom. The first kappa shape index (κ1) is 12.3. The van der Waals surface area contributed by atoms with Crippen molar-refractivity contribution >= 4 is 0 Å². The highest BCUT2D eigenvalue weighted by atomic mass is 14.1. The van der Waals surface area contributed by atoms with Crippen LogP contribution in [0.15, 0.2) is 30.3 Å². The highest BCUT2D eigenvalue weighted by molar-refractivity contribution is 5.18. The first-order valence-electron chi connectivity index (χ1n) is 6.10. The zero-order valence-electron chi connectivity index (χ0n) is 10.2. The number of hydrogen-bond acceptors (Lipinski definition) is 0. The van der Waals surface area contributed by atoms with Gasteiger partial charge in [0.1, 0.15) is 0 Å². The first-order valence-corrected chi connectivity index (χ1v) is 6.10. The van der Waals surface area contributed by atoms with Crippen molar-refractivity contribution in [1.29, 1.82) is 0 Å². The van der Waals surface area contributed by atoms with Gasteiger partial charge in [0.05, 0.1) is 0 Å². The summed E-state index contributed by atoms with van der Waals surface area (Å²) >= 11 is 0. The van der Waals surface area contributed by atoms with Crippen molar-refractivity contribution in [2.75, 3.05) is 0 Å². The zero-order valence-corrected chi connectivity index (χ0v) is 10.2. The molecule has 2 unspecified atom stereocenters. The van der Waals surface area contributed by atoms with Gasteiger partial charge in [0.2, 0.25) is 0 Å². The Morgan fingerprint density at radius 1 is 1.13 bits per heavy atom. The van der Waals surface area contributed by atoms with Crippen molar-refractivity contribution < 1.29 is 0 Å². The van der Waals surface area contributed by atoms with Crippen LogP contribution in [0.2, 0.25) is 0 Å². The Labute approximate surface area is 94.7 Å². The normalized spacial score (nSPS) is 14.9. The average Bonchev–Trinajstić information content (AvgIpc) is 2.27. The molecule has 0 saturated carbocycles. The lowest BCUT2D eigenvalue weighted by molar-refractivity contribution is 0.474. The second-order valence-corrected chi connectivity index (χ2v) is 4.59. The van der Waals surface area contributed by atoms with E-state index >= 15 is 0 Å². The summed E-state index contributed by atoms with van der Waals surface area (Å²) in [5.41, 5.74) is 1.47. The van der Waals surface area contributed by atoms with Crippen LogP contribution in [0.25, 0.3) is 0 Å². The fraction of sp³-hybridized carbons (Fsp3) is 0.533. The summed E-state index contributed by atoms with van der Waals surface area (Å²) in [6.07, 6.45) is 6.14. The summed E-state index contributed by atoms with van der Waals surface area (Å²) in [4.78, 5) is 0. The van der Waals surface area contributed by atoms with Crippen molar-refractivity contribution in [2.24, 2.45) is 5.92 Å². The molecule has 1 aromatic rings. The van der Waals surface area contributed by atoms with Crippen molar-refractivity contribution in [1.82, 2.24) is 0 Å². The molecular formula is C15H23. The molecule has 0 fully saturated rings. The standard InChI is InChI=1S/C15H23/c1-4-5-9-13(2)12-14(3)15-10-7-6-8-11-15/h5-8,10-11,13-14H,4,9,12H2,1-3H3. The van der Waals surface area contributed by atoms with Crippen LogP contribution in [0.4, 0.5) is 0 Å². The average molecular weight is 203 g/mol. The van der Waals surface area contributed by atoms with Gasteiger partial charge in [0.25, 0.3) is 0 Å². The molecule has 0 aliphatic carbocycles. The van der Waals surface area contributed by atoms with Crippen LogP contribution >= 0.6 is 0 Å². The number of unbranched alkanes of at least 4 members (excludes halogenated alkanes) is 1. The van der Waals surface area contributed by atoms with Crippen molar-refractivity contribution in [3.05, 3.63) is 42.3 Å². The third-order valence-electron chi connectivity index (χ3n) is 2.98. The van der Waals surface area contributed by atoms with E-state index in [1.165, 1.54) is 24.8 Å². The predicted molar refractivity (Wildman–Crippen MR) is 67.8 cm³/mol. The maximum Gasteiger partial charge on any atom is -0.0188 e. The molecule has 0 N–H and O–H groups in total. The molecule has 83 valence electrons. The van der Waals surface area contributed by atoms with Gasteiger partial charge in [-0.25, -0.2) is 0 Å². The molecule has 0 amide bonds. The number of hydrogen-bond donors (Lipinski definition) is 0. The van der Waals surface area contributed by atoms with Crippen molar-refractivity contribution in [2.45, 2.75) is 46.0 Å². The zero-order chi connectivity index (χ0) is 11.1. The van der Waals surface area contributed by atoms with Crippen LogP contribution in [0, 0.1) is 12.3 Å².